The minimum atomic E-state index is -0.560. The number of nitrogens with zero attached hydrogens (tertiary/aromatic N) is 1. The third-order valence-corrected chi connectivity index (χ3v) is 2.63. The highest BCUT2D eigenvalue weighted by atomic mass is 16.2. The molecule has 0 radical (unpaired) electrons. The highest BCUT2D eigenvalue weighted by molar-refractivity contribution is 5.82. The molecular weight excluding hydrogens is 172 g/mol. The van der Waals surface area contributed by atoms with Gasteiger partial charge in [-0.15, -0.1) is 0 Å². The zero-order valence-electron chi connectivity index (χ0n) is 7.55. The predicted octanol–water partition coefficient (Wildman–Crippen LogP) is -0.613. The summed E-state index contributed by atoms with van der Waals surface area (Å²) in [6.45, 7) is 1.83. The predicted molar refractivity (Wildman–Crippen MR) is 44.8 cm³/mol. The van der Waals surface area contributed by atoms with Crippen molar-refractivity contribution in [3.8, 4) is 0 Å². The van der Waals surface area contributed by atoms with E-state index < -0.39 is 5.66 Å². The number of urea groups is 2. The molecule has 2 saturated heterocycles. The summed E-state index contributed by atoms with van der Waals surface area (Å²) in [4.78, 5) is 24.0. The van der Waals surface area contributed by atoms with Crippen LogP contribution in [0.3, 0.4) is 0 Å². The molecule has 2 aliphatic rings. The highest BCUT2D eigenvalue weighted by Crippen LogP contribution is 2.23. The van der Waals surface area contributed by atoms with Crippen LogP contribution in [0.25, 0.3) is 0 Å². The van der Waals surface area contributed by atoms with Gasteiger partial charge >= 0.3 is 12.1 Å². The Kier molecular flexibility index (Phi) is 1.43. The van der Waals surface area contributed by atoms with Gasteiger partial charge in [-0.05, 0) is 6.92 Å². The molecule has 72 valence electrons. The standard InChI is InChI=1S/C7H12N4O2/c1-7-3-4(8-5(12)10-7)9-6(13)11(7)2/h4H,3H2,1-2H3,(H,9,13)(H2,8,10,12). The van der Waals surface area contributed by atoms with Gasteiger partial charge in [-0.2, -0.15) is 0 Å². The fraction of sp³-hybridized carbons (Fsp3) is 0.714. The van der Waals surface area contributed by atoms with E-state index >= 15 is 0 Å². The molecular formula is C7H12N4O2. The molecule has 6 nitrogen and oxygen atoms in total. The Morgan fingerprint density at radius 2 is 2.15 bits per heavy atom. The highest BCUT2D eigenvalue weighted by Gasteiger charge is 2.45. The molecule has 2 heterocycles. The Morgan fingerprint density at radius 3 is 2.85 bits per heavy atom. The zero-order chi connectivity index (χ0) is 9.64. The fourth-order valence-corrected chi connectivity index (χ4v) is 1.72. The van der Waals surface area contributed by atoms with E-state index in [0.29, 0.717) is 6.42 Å². The second-order valence-corrected chi connectivity index (χ2v) is 3.64. The average Bonchev–Trinajstić information content (AvgIpc) is 1.98. The van der Waals surface area contributed by atoms with Crippen LogP contribution in [0.1, 0.15) is 13.3 Å². The Morgan fingerprint density at radius 1 is 1.46 bits per heavy atom. The van der Waals surface area contributed by atoms with E-state index in [0.717, 1.165) is 0 Å². The first-order valence-corrected chi connectivity index (χ1v) is 4.14. The smallest absolute Gasteiger partial charge is 0.318 e. The first-order valence-electron chi connectivity index (χ1n) is 4.14. The summed E-state index contributed by atoms with van der Waals surface area (Å²) in [6, 6.07) is -0.420. The van der Waals surface area contributed by atoms with Crippen LogP contribution in [-0.2, 0) is 0 Å². The molecule has 2 bridgehead atoms. The van der Waals surface area contributed by atoms with Crippen molar-refractivity contribution in [2.75, 3.05) is 7.05 Å². The monoisotopic (exact) mass is 184 g/mol. The lowest BCUT2D eigenvalue weighted by molar-refractivity contribution is 0.0582. The number of hydrogen-bond donors (Lipinski definition) is 3. The van der Waals surface area contributed by atoms with Crippen molar-refractivity contribution in [3.05, 3.63) is 0 Å². The van der Waals surface area contributed by atoms with Crippen molar-refractivity contribution in [2.45, 2.75) is 25.2 Å². The van der Waals surface area contributed by atoms with Crippen LogP contribution in [0.4, 0.5) is 9.59 Å². The lowest BCUT2D eigenvalue weighted by Gasteiger charge is -2.49. The Bertz CT molecular complexity index is 280. The van der Waals surface area contributed by atoms with Crippen molar-refractivity contribution < 1.29 is 9.59 Å². The molecule has 4 amide bonds. The van der Waals surface area contributed by atoms with Gasteiger partial charge in [-0.1, -0.05) is 0 Å². The maximum atomic E-state index is 11.3. The molecule has 2 fully saturated rings. The Balaban J connectivity index is 2.29. The van der Waals surface area contributed by atoms with Gasteiger partial charge in [0.1, 0.15) is 11.8 Å². The number of hydrogen-bond acceptors (Lipinski definition) is 2. The van der Waals surface area contributed by atoms with Crippen LogP contribution in [-0.4, -0.2) is 35.8 Å². The number of amides is 4. The van der Waals surface area contributed by atoms with Gasteiger partial charge in [-0.25, -0.2) is 9.59 Å². The maximum absolute atomic E-state index is 11.3. The first kappa shape index (κ1) is 8.15. The van der Waals surface area contributed by atoms with Crippen LogP contribution < -0.4 is 16.0 Å². The van der Waals surface area contributed by atoms with Crippen LogP contribution in [0.5, 0.6) is 0 Å². The van der Waals surface area contributed by atoms with Crippen molar-refractivity contribution in [1.82, 2.24) is 20.9 Å². The maximum Gasteiger partial charge on any atom is 0.320 e. The summed E-state index contributed by atoms with van der Waals surface area (Å²) < 4.78 is 0. The second-order valence-electron chi connectivity index (χ2n) is 3.64. The summed E-state index contributed by atoms with van der Waals surface area (Å²) in [5.41, 5.74) is -0.560. The van der Waals surface area contributed by atoms with Gasteiger partial charge in [0, 0.05) is 13.5 Å². The SMILES string of the molecule is CN1C(=O)NC2CC1(C)NC(=O)N2. The van der Waals surface area contributed by atoms with Gasteiger partial charge in [-0.3, -0.25) is 0 Å². The molecule has 2 aliphatic heterocycles. The Labute approximate surface area is 75.6 Å². The summed E-state index contributed by atoms with van der Waals surface area (Å²) >= 11 is 0. The van der Waals surface area contributed by atoms with Crippen molar-refractivity contribution >= 4 is 12.1 Å². The number of fused-ring (bicyclic) bond motifs is 2. The zero-order valence-corrected chi connectivity index (χ0v) is 7.55. The number of carbonyl (C=O) groups excluding carboxylic acids is 2. The minimum absolute atomic E-state index is 0.175. The number of rotatable bonds is 0. The lowest BCUT2D eigenvalue weighted by atomic mass is 10.0. The van der Waals surface area contributed by atoms with E-state index in [-0.39, 0.29) is 18.2 Å². The van der Waals surface area contributed by atoms with Crippen molar-refractivity contribution in [1.29, 1.82) is 0 Å². The number of carbonyl (C=O) groups is 2. The number of nitrogens with one attached hydrogen (secondary N) is 3. The van der Waals surface area contributed by atoms with Gasteiger partial charge in [0.25, 0.3) is 0 Å². The molecule has 6 heteroatoms. The molecule has 2 atom stereocenters. The van der Waals surface area contributed by atoms with E-state index in [9.17, 15) is 9.59 Å². The van der Waals surface area contributed by atoms with Gasteiger partial charge in [0.15, 0.2) is 0 Å². The van der Waals surface area contributed by atoms with Gasteiger partial charge in [0.2, 0.25) is 0 Å². The normalized spacial score (nSPS) is 37.7. The molecule has 0 aromatic heterocycles. The van der Waals surface area contributed by atoms with E-state index in [1.165, 1.54) is 4.90 Å². The van der Waals surface area contributed by atoms with Crippen LogP contribution in [0, 0.1) is 0 Å². The fourth-order valence-electron chi connectivity index (χ4n) is 1.72. The lowest BCUT2D eigenvalue weighted by Crippen LogP contribution is -2.76. The molecule has 13 heavy (non-hydrogen) atoms. The van der Waals surface area contributed by atoms with Crippen LogP contribution in [0.15, 0.2) is 0 Å². The molecule has 0 aliphatic carbocycles. The minimum Gasteiger partial charge on any atom is -0.318 e. The summed E-state index contributed by atoms with van der Waals surface area (Å²) in [5.74, 6) is 0. The summed E-state index contributed by atoms with van der Waals surface area (Å²) in [7, 11) is 1.66. The summed E-state index contributed by atoms with van der Waals surface area (Å²) in [6.07, 6.45) is 0.420. The third-order valence-electron chi connectivity index (χ3n) is 2.63. The second kappa shape index (κ2) is 2.27. The molecule has 0 saturated carbocycles. The van der Waals surface area contributed by atoms with Crippen LogP contribution in [0.2, 0.25) is 0 Å². The molecule has 3 N–H and O–H groups in total. The summed E-state index contributed by atoms with van der Waals surface area (Å²) in [5, 5.41) is 8.00. The van der Waals surface area contributed by atoms with Crippen molar-refractivity contribution in [3.63, 3.8) is 0 Å². The molecule has 0 aromatic rings. The quantitative estimate of drug-likeness (QED) is 0.469. The van der Waals surface area contributed by atoms with Crippen molar-refractivity contribution in [2.24, 2.45) is 0 Å². The van der Waals surface area contributed by atoms with E-state index in [4.69, 9.17) is 0 Å². The third kappa shape index (κ3) is 1.09. The van der Waals surface area contributed by atoms with Gasteiger partial charge in [0.05, 0.1) is 0 Å². The van der Waals surface area contributed by atoms with E-state index in [2.05, 4.69) is 16.0 Å². The van der Waals surface area contributed by atoms with Gasteiger partial charge < -0.3 is 20.9 Å². The molecule has 0 aromatic carbocycles. The largest absolute Gasteiger partial charge is 0.320 e. The van der Waals surface area contributed by atoms with E-state index in [1.54, 1.807) is 7.05 Å². The molecule has 2 rings (SSSR count). The molecule has 0 spiro atoms. The average molecular weight is 184 g/mol. The topological polar surface area (TPSA) is 73.5 Å². The van der Waals surface area contributed by atoms with E-state index in [1.807, 2.05) is 6.92 Å². The molecule has 2 unspecified atom stereocenters. The Hall–Kier alpha value is -1.46. The van der Waals surface area contributed by atoms with Crippen LogP contribution >= 0.6 is 0 Å². The first-order chi connectivity index (χ1) is 6.01.